The van der Waals surface area contributed by atoms with E-state index in [9.17, 15) is 4.79 Å². The molecule has 5 N–H and O–H groups in total. The first-order valence-corrected chi connectivity index (χ1v) is 3.33. The van der Waals surface area contributed by atoms with Crippen LogP contribution in [0.2, 0.25) is 0 Å². The number of aliphatic hydroxyl groups is 5. The Morgan fingerprint density at radius 1 is 1.17 bits per heavy atom. The largest absolute Gasteiger partial charge is 1.00 e. The third kappa shape index (κ3) is 2.84. The number of aldehydes is 1. The lowest BCUT2D eigenvalue weighted by molar-refractivity contribution is -0.136. The second-order valence-electron chi connectivity index (χ2n) is 2.36. The number of carbonyl (C=O) groups is 1. The quantitative estimate of drug-likeness (QED) is 0.284. The van der Waals surface area contributed by atoms with Gasteiger partial charge in [0.15, 0.2) is 6.29 Å². The molecular weight excluding hydrogens is 168 g/mol. The highest BCUT2D eigenvalue weighted by atomic mass is 16.4. The van der Waals surface area contributed by atoms with Crippen LogP contribution in [-0.2, 0) is 4.79 Å². The average molecular weight is 181 g/mol. The number of aliphatic hydroxyl groups excluding tert-OH is 5. The van der Waals surface area contributed by atoms with E-state index in [-0.39, 0.29) is 7.71 Å². The third-order valence-corrected chi connectivity index (χ3v) is 1.42. The van der Waals surface area contributed by atoms with E-state index in [2.05, 4.69) is 0 Å². The van der Waals surface area contributed by atoms with Crippen molar-refractivity contribution in [1.29, 1.82) is 0 Å². The number of rotatable bonds is 5. The van der Waals surface area contributed by atoms with Gasteiger partial charge in [-0.3, -0.25) is 0 Å². The smallest absolute Gasteiger partial charge is 0.394 e. The van der Waals surface area contributed by atoms with Gasteiger partial charge in [-0.05, 0) is 0 Å². The first-order chi connectivity index (χ1) is 5.54. The van der Waals surface area contributed by atoms with Crippen molar-refractivity contribution in [2.45, 2.75) is 24.4 Å². The molecule has 4 unspecified atom stereocenters. The van der Waals surface area contributed by atoms with Crippen LogP contribution in [0, 0.1) is 0 Å². The van der Waals surface area contributed by atoms with E-state index < -0.39 is 31.0 Å². The topological polar surface area (TPSA) is 118 Å². The summed E-state index contributed by atoms with van der Waals surface area (Å²) >= 11 is 0. The molecule has 0 saturated carbocycles. The Labute approximate surface area is 70.2 Å². The zero-order chi connectivity index (χ0) is 9.72. The van der Waals surface area contributed by atoms with Crippen LogP contribution in [0.1, 0.15) is 1.43 Å². The van der Waals surface area contributed by atoms with Crippen molar-refractivity contribution in [3.8, 4) is 0 Å². The zero-order valence-corrected chi connectivity index (χ0v) is 6.24. The highest BCUT2D eigenvalue weighted by molar-refractivity contribution is 5.56. The molecule has 0 saturated heterocycles. The van der Waals surface area contributed by atoms with E-state index in [0.29, 0.717) is 0 Å². The van der Waals surface area contributed by atoms with Gasteiger partial charge in [0.25, 0.3) is 0 Å². The molecule has 72 valence electrons. The van der Waals surface area contributed by atoms with E-state index in [0.717, 1.165) is 0 Å². The average Bonchev–Trinajstić information content (AvgIpc) is 2.12. The summed E-state index contributed by atoms with van der Waals surface area (Å²) in [5.74, 6) is 0. The van der Waals surface area contributed by atoms with Crippen LogP contribution in [-0.4, -0.2) is 62.8 Å². The molecule has 0 aromatic rings. The van der Waals surface area contributed by atoms with Crippen LogP contribution in [0.4, 0.5) is 0 Å². The minimum absolute atomic E-state index is 0. The van der Waals surface area contributed by atoms with Gasteiger partial charge in [0.05, 0.1) is 6.61 Å². The van der Waals surface area contributed by atoms with Crippen LogP contribution in [0.5, 0.6) is 0 Å². The summed E-state index contributed by atoms with van der Waals surface area (Å²) in [5.41, 5.74) is 0. The Kier molecular flexibility index (Phi) is 4.95. The van der Waals surface area contributed by atoms with Gasteiger partial charge >= 0.3 is 1.43 Å². The predicted molar refractivity (Wildman–Crippen MR) is 38.3 cm³/mol. The fourth-order valence-electron chi connectivity index (χ4n) is 0.618. The first kappa shape index (κ1) is 11.5. The van der Waals surface area contributed by atoms with Gasteiger partial charge in [0.2, 0.25) is 0 Å². The molecule has 6 nitrogen and oxygen atoms in total. The summed E-state index contributed by atoms with van der Waals surface area (Å²) in [4.78, 5) is 9.90. The van der Waals surface area contributed by atoms with Crippen molar-refractivity contribution >= 4 is 6.29 Å². The molecule has 0 aliphatic heterocycles. The van der Waals surface area contributed by atoms with Gasteiger partial charge in [-0.15, -0.1) is 0 Å². The highest BCUT2D eigenvalue weighted by Gasteiger charge is 2.29. The van der Waals surface area contributed by atoms with Crippen molar-refractivity contribution in [3.05, 3.63) is 0 Å². The van der Waals surface area contributed by atoms with Gasteiger partial charge in [-0.1, -0.05) is 0 Å². The van der Waals surface area contributed by atoms with Gasteiger partial charge in [0, 0.05) is 0 Å². The van der Waals surface area contributed by atoms with Crippen LogP contribution in [0.3, 0.4) is 0 Å². The Morgan fingerprint density at radius 2 is 1.67 bits per heavy atom. The van der Waals surface area contributed by atoms with Crippen molar-refractivity contribution in [1.82, 2.24) is 0 Å². The molecule has 6 heteroatoms. The molecule has 0 heterocycles. The van der Waals surface area contributed by atoms with Crippen LogP contribution >= 0.6 is 0 Å². The molecule has 0 amide bonds. The van der Waals surface area contributed by atoms with E-state index in [1.54, 1.807) is 0 Å². The number of hydrogen-bond donors (Lipinski definition) is 5. The van der Waals surface area contributed by atoms with Crippen LogP contribution in [0.15, 0.2) is 0 Å². The highest BCUT2D eigenvalue weighted by Crippen LogP contribution is 2.02. The molecule has 0 aliphatic rings. The third-order valence-electron chi connectivity index (χ3n) is 1.42. The number of carbonyl (C=O) groups excluding carboxylic acids is 1. The molecular formula is C6H13O6+. The molecule has 0 bridgehead atoms. The first-order valence-electron chi connectivity index (χ1n) is 3.33. The molecule has 0 aromatic carbocycles. The van der Waals surface area contributed by atoms with Gasteiger partial charge in [-0.25, -0.2) is 0 Å². The minimum atomic E-state index is -1.79. The minimum Gasteiger partial charge on any atom is -0.394 e. The summed E-state index contributed by atoms with van der Waals surface area (Å²) < 4.78 is 0. The lowest BCUT2D eigenvalue weighted by Gasteiger charge is -2.22. The zero-order valence-electron chi connectivity index (χ0n) is 7.24. The summed E-state index contributed by atoms with van der Waals surface area (Å²) in [5, 5.41) is 43.5. The molecule has 0 aliphatic carbocycles. The summed E-state index contributed by atoms with van der Waals surface area (Å²) in [6, 6.07) is 0. The molecule has 0 aromatic heterocycles. The summed E-state index contributed by atoms with van der Waals surface area (Å²) in [6.07, 6.45) is -6.84. The van der Waals surface area contributed by atoms with Gasteiger partial charge < -0.3 is 30.3 Å². The molecule has 0 rings (SSSR count). The van der Waals surface area contributed by atoms with Crippen LogP contribution in [0.25, 0.3) is 0 Å². The van der Waals surface area contributed by atoms with E-state index in [1.807, 2.05) is 0 Å². The standard InChI is InChI=1S/C6H12O6/c7-1-3(9)5(11)6(12)4(10)2-8/h1,3-6,8-12H,2H2/p+1. The molecule has 0 fully saturated rings. The maximum atomic E-state index is 9.90. The van der Waals surface area contributed by atoms with E-state index >= 15 is 0 Å². The van der Waals surface area contributed by atoms with Crippen molar-refractivity contribution in [2.75, 3.05) is 6.61 Å². The Bertz CT molecular complexity index is 143. The molecule has 0 radical (unpaired) electrons. The maximum Gasteiger partial charge on any atom is 1.00 e. The Hall–Kier alpha value is -0.530. The van der Waals surface area contributed by atoms with Crippen molar-refractivity contribution in [2.24, 2.45) is 0 Å². The second-order valence-corrected chi connectivity index (χ2v) is 2.36. The predicted octanol–water partition coefficient (Wildman–Crippen LogP) is -3.27. The van der Waals surface area contributed by atoms with Gasteiger partial charge in [0.1, 0.15) is 24.4 Å². The van der Waals surface area contributed by atoms with Crippen molar-refractivity contribution < 1.29 is 31.8 Å². The monoisotopic (exact) mass is 181 g/mol. The molecule has 0 spiro atoms. The second kappa shape index (κ2) is 5.18. The van der Waals surface area contributed by atoms with Crippen LogP contribution < -0.4 is 0 Å². The summed E-state index contributed by atoms with van der Waals surface area (Å²) in [6.45, 7) is -0.760. The lowest BCUT2D eigenvalue weighted by Crippen LogP contribution is -2.46. The van der Waals surface area contributed by atoms with Gasteiger partial charge in [-0.2, -0.15) is 0 Å². The SMILES string of the molecule is O=CC(O)C(O)C(O)C(O)CO.[H+]. The van der Waals surface area contributed by atoms with E-state index in [1.165, 1.54) is 0 Å². The summed E-state index contributed by atoms with van der Waals surface area (Å²) in [7, 11) is 0. The molecule has 4 atom stereocenters. The fourth-order valence-corrected chi connectivity index (χ4v) is 0.618. The normalized spacial score (nSPS) is 21.1. The number of hydrogen-bond acceptors (Lipinski definition) is 6. The Morgan fingerprint density at radius 3 is 2.00 bits per heavy atom. The Balaban J connectivity index is 0. The van der Waals surface area contributed by atoms with Crippen molar-refractivity contribution in [3.63, 3.8) is 0 Å². The molecule has 12 heavy (non-hydrogen) atoms. The maximum absolute atomic E-state index is 9.90. The fraction of sp³-hybridized carbons (Fsp3) is 0.833. The van der Waals surface area contributed by atoms with E-state index in [4.69, 9.17) is 25.5 Å². The lowest BCUT2D eigenvalue weighted by atomic mass is 10.0.